The first-order chi connectivity index (χ1) is 17.8. The predicted molar refractivity (Wildman–Crippen MR) is 143 cm³/mol. The number of methoxy groups -OCH3 is 1. The van der Waals surface area contributed by atoms with Crippen molar-refractivity contribution in [3.63, 3.8) is 0 Å². The largest absolute Gasteiger partial charge is 0.495 e. The number of nitriles is 1. The third-order valence-corrected chi connectivity index (χ3v) is 5.29. The molecule has 0 aliphatic carbocycles. The Morgan fingerprint density at radius 1 is 1.03 bits per heavy atom. The maximum absolute atomic E-state index is 12.7. The topological polar surface area (TPSA) is 110 Å². The van der Waals surface area contributed by atoms with Crippen LogP contribution in [0.25, 0.3) is 6.08 Å². The second-order valence-electron chi connectivity index (χ2n) is 7.79. The van der Waals surface area contributed by atoms with Crippen LogP contribution in [0.5, 0.6) is 17.2 Å². The molecule has 8 nitrogen and oxygen atoms in total. The van der Waals surface area contributed by atoms with E-state index in [1.807, 2.05) is 25.1 Å². The number of nitrogens with one attached hydrogen (secondary N) is 2. The number of carbonyl (C=O) groups excluding carboxylic acids is 2. The van der Waals surface area contributed by atoms with Gasteiger partial charge in [0.2, 0.25) is 0 Å². The number of carbonyl (C=O) groups is 2. The zero-order valence-electron chi connectivity index (χ0n) is 20.6. The summed E-state index contributed by atoms with van der Waals surface area (Å²) in [6.07, 6.45) is 1.40. The summed E-state index contributed by atoms with van der Waals surface area (Å²) >= 11 is 6.45. The van der Waals surface area contributed by atoms with E-state index < -0.39 is 11.8 Å². The Labute approximate surface area is 220 Å². The predicted octanol–water partition coefficient (Wildman–Crippen LogP) is 5.62. The number of nitrogens with zero attached hydrogens (tertiary/aromatic N) is 1. The minimum atomic E-state index is -0.560. The third kappa shape index (κ3) is 7.50. The molecule has 0 aliphatic rings. The van der Waals surface area contributed by atoms with Crippen molar-refractivity contribution in [2.24, 2.45) is 0 Å². The van der Waals surface area contributed by atoms with Crippen LogP contribution in [0, 0.1) is 18.3 Å². The maximum Gasteiger partial charge on any atom is 0.266 e. The van der Waals surface area contributed by atoms with Crippen molar-refractivity contribution < 1.29 is 23.8 Å². The molecule has 0 aromatic heterocycles. The molecule has 0 saturated heterocycles. The normalized spacial score (nSPS) is 10.7. The van der Waals surface area contributed by atoms with E-state index in [-0.39, 0.29) is 28.7 Å². The molecule has 0 heterocycles. The summed E-state index contributed by atoms with van der Waals surface area (Å²) in [5, 5.41) is 15.2. The summed E-state index contributed by atoms with van der Waals surface area (Å²) in [5.41, 5.74) is 2.39. The number of benzene rings is 3. The number of anilines is 2. The molecule has 0 radical (unpaired) electrons. The Morgan fingerprint density at radius 2 is 1.81 bits per heavy atom. The number of halogens is 1. The minimum Gasteiger partial charge on any atom is -0.495 e. The van der Waals surface area contributed by atoms with E-state index in [0.29, 0.717) is 29.3 Å². The Morgan fingerprint density at radius 3 is 2.51 bits per heavy atom. The SMILES string of the molecule is CCOc1cc(/C=C(\C#N)C(=O)Nc2cccc(C)c2)cc(Cl)c1OCC(=O)Nc1ccccc1OC. The van der Waals surface area contributed by atoms with Gasteiger partial charge in [0.1, 0.15) is 17.4 Å². The lowest BCUT2D eigenvalue weighted by atomic mass is 10.1. The number of hydrogen-bond acceptors (Lipinski definition) is 6. The van der Waals surface area contributed by atoms with Crippen LogP contribution < -0.4 is 24.8 Å². The molecule has 9 heteroatoms. The Balaban J connectivity index is 1.78. The molecule has 2 N–H and O–H groups in total. The average Bonchev–Trinajstić information content (AvgIpc) is 2.87. The fraction of sp³-hybridized carbons (Fsp3) is 0.179. The highest BCUT2D eigenvalue weighted by molar-refractivity contribution is 6.32. The summed E-state index contributed by atoms with van der Waals surface area (Å²) < 4.78 is 16.6. The number of amides is 2. The molecule has 3 aromatic carbocycles. The second-order valence-corrected chi connectivity index (χ2v) is 8.20. The Bertz CT molecular complexity index is 1360. The van der Waals surface area contributed by atoms with Crippen molar-refractivity contribution in [3.8, 4) is 23.3 Å². The molecule has 0 unspecified atom stereocenters. The highest BCUT2D eigenvalue weighted by Crippen LogP contribution is 2.37. The molecular weight excluding hydrogens is 494 g/mol. The van der Waals surface area contributed by atoms with Crippen molar-refractivity contribution in [3.05, 3.63) is 82.4 Å². The van der Waals surface area contributed by atoms with Gasteiger partial charge in [-0.2, -0.15) is 5.26 Å². The van der Waals surface area contributed by atoms with Gasteiger partial charge in [-0.25, -0.2) is 0 Å². The van der Waals surface area contributed by atoms with Crippen molar-refractivity contribution in [1.29, 1.82) is 5.26 Å². The van der Waals surface area contributed by atoms with Crippen molar-refractivity contribution in [2.75, 3.05) is 31.0 Å². The van der Waals surface area contributed by atoms with E-state index in [0.717, 1.165) is 5.56 Å². The lowest BCUT2D eigenvalue weighted by Crippen LogP contribution is -2.21. The monoisotopic (exact) mass is 519 g/mol. The fourth-order valence-electron chi connectivity index (χ4n) is 3.38. The first-order valence-corrected chi connectivity index (χ1v) is 11.7. The Hall–Kier alpha value is -4.48. The van der Waals surface area contributed by atoms with Crippen LogP contribution in [0.4, 0.5) is 11.4 Å². The van der Waals surface area contributed by atoms with Crippen LogP contribution in [0.15, 0.2) is 66.2 Å². The molecule has 0 aliphatic heterocycles. The molecule has 0 saturated carbocycles. The number of para-hydroxylation sites is 2. The number of ether oxygens (including phenoxy) is 3. The van der Waals surface area contributed by atoms with Crippen LogP contribution in [-0.4, -0.2) is 32.1 Å². The average molecular weight is 520 g/mol. The summed E-state index contributed by atoms with van der Waals surface area (Å²) in [6.45, 7) is 3.64. The summed E-state index contributed by atoms with van der Waals surface area (Å²) in [4.78, 5) is 25.1. The molecule has 2 amide bonds. The molecule has 3 aromatic rings. The molecule has 0 fully saturated rings. The lowest BCUT2D eigenvalue weighted by molar-refractivity contribution is -0.118. The summed E-state index contributed by atoms with van der Waals surface area (Å²) in [5.74, 6) is -0.0388. The second kappa shape index (κ2) is 13.0. The maximum atomic E-state index is 12.7. The zero-order valence-corrected chi connectivity index (χ0v) is 21.4. The molecule has 0 atom stereocenters. The van der Waals surface area contributed by atoms with Gasteiger partial charge in [-0.3, -0.25) is 9.59 Å². The van der Waals surface area contributed by atoms with Crippen molar-refractivity contribution >= 4 is 40.9 Å². The highest BCUT2D eigenvalue weighted by Gasteiger charge is 2.16. The molecule has 0 spiro atoms. The van der Waals surface area contributed by atoms with Gasteiger partial charge >= 0.3 is 0 Å². The van der Waals surface area contributed by atoms with Gasteiger partial charge in [-0.05, 0) is 67.4 Å². The molecule has 37 heavy (non-hydrogen) atoms. The lowest BCUT2D eigenvalue weighted by Gasteiger charge is -2.15. The van der Waals surface area contributed by atoms with E-state index in [1.165, 1.54) is 19.3 Å². The van der Waals surface area contributed by atoms with E-state index in [2.05, 4.69) is 10.6 Å². The van der Waals surface area contributed by atoms with Crippen LogP contribution in [0.1, 0.15) is 18.1 Å². The molecule has 0 bridgehead atoms. The van der Waals surface area contributed by atoms with Gasteiger partial charge in [0.15, 0.2) is 18.1 Å². The molecular formula is C28H26ClN3O5. The van der Waals surface area contributed by atoms with E-state index >= 15 is 0 Å². The Kier molecular flexibility index (Phi) is 9.53. The van der Waals surface area contributed by atoms with Gasteiger partial charge in [0.25, 0.3) is 11.8 Å². The van der Waals surface area contributed by atoms with Gasteiger partial charge in [-0.15, -0.1) is 0 Å². The highest BCUT2D eigenvalue weighted by atomic mass is 35.5. The molecule has 3 rings (SSSR count). The summed E-state index contributed by atoms with van der Waals surface area (Å²) in [7, 11) is 1.51. The van der Waals surface area contributed by atoms with E-state index in [9.17, 15) is 14.9 Å². The summed E-state index contributed by atoms with van der Waals surface area (Å²) in [6, 6.07) is 19.3. The number of hydrogen-bond donors (Lipinski definition) is 2. The fourth-order valence-corrected chi connectivity index (χ4v) is 3.66. The van der Waals surface area contributed by atoms with Gasteiger partial charge < -0.3 is 24.8 Å². The number of aryl methyl sites for hydroxylation is 1. The molecule has 190 valence electrons. The minimum absolute atomic E-state index is 0.120. The van der Waals surface area contributed by atoms with Crippen LogP contribution in [-0.2, 0) is 9.59 Å². The van der Waals surface area contributed by atoms with Crippen molar-refractivity contribution in [2.45, 2.75) is 13.8 Å². The quantitative estimate of drug-likeness (QED) is 0.266. The third-order valence-electron chi connectivity index (χ3n) is 5.01. The zero-order chi connectivity index (χ0) is 26.8. The van der Waals surface area contributed by atoms with E-state index in [1.54, 1.807) is 49.4 Å². The standard InChI is InChI=1S/C28H26ClN3O5/c1-4-36-25-15-19(13-20(16-30)28(34)31-21-9-7-8-18(2)12-21)14-22(29)27(25)37-17-26(33)32-23-10-5-6-11-24(23)35-3/h5-15H,4,17H2,1-3H3,(H,31,34)(H,32,33)/b20-13+. The van der Waals surface area contributed by atoms with Gasteiger partial charge in [0, 0.05) is 5.69 Å². The van der Waals surface area contributed by atoms with Gasteiger partial charge in [0.05, 0.1) is 24.4 Å². The van der Waals surface area contributed by atoms with Crippen LogP contribution in [0.3, 0.4) is 0 Å². The van der Waals surface area contributed by atoms with Crippen LogP contribution >= 0.6 is 11.6 Å². The van der Waals surface area contributed by atoms with Crippen molar-refractivity contribution in [1.82, 2.24) is 0 Å². The smallest absolute Gasteiger partial charge is 0.266 e. The number of rotatable bonds is 10. The van der Waals surface area contributed by atoms with E-state index in [4.69, 9.17) is 25.8 Å². The first kappa shape index (κ1) is 27.1. The van der Waals surface area contributed by atoms with Crippen LogP contribution in [0.2, 0.25) is 5.02 Å². The first-order valence-electron chi connectivity index (χ1n) is 11.4. The van der Waals surface area contributed by atoms with Gasteiger partial charge in [-0.1, -0.05) is 35.9 Å².